The molecule has 0 saturated carbocycles. The Balaban J connectivity index is 2.03. The van der Waals surface area contributed by atoms with E-state index in [9.17, 15) is 52.7 Å². The van der Waals surface area contributed by atoms with Crippen LogP contribution in [0.4, 0.5) is 0 Å². The van der Waals surface area contributed by atoms with Gasteiger partial charge in [0.2, 0.25) is 65.0 Å². The minimum absolute atomic E-state index is 0.0222. The number of ether oxygens (including phenoxy) is 1. The fourth-order valence-corrected chi connectivity index (χ4v) is 8.58. The van der Waals surface area contributed by atoms with E-state index in [2.05, 4.69) is 37.2 Å². The number of benzene rings is 1. The molecule has 0 spiro atoms. The fraction of sp³-hybridized carbons (Fsp3) is 0.622. The Morgan fingerprint density at radius 2 is 1.46 bits per heavy atom. The van der Waals surface area contributed by atoms with E-state index in [0.717, 1.165) is 0 Å². The summed E-state index contributed by atoms with van der Waals surface area (Å²) in [6.45, 7) is 8.14. The van der Waals surface area contributed by atoms with E-state index in [4.69, 9.17) is 21.9 Å². The zero-order chi connectivity index (χ0) is 51.6. The van der Waals surface area contributed by atoms with Crippen LogP contribution in [0.25, 0.3) is 0 Å². The number of nitrogens with two attached hydrogens (primary N) is 3. The third-order valence-corrected chi connectivity index (χ3v) is 12.8. The third-order valence-electron chi connectivity index (χ3n) is 11.7. The molecule has 8 atom stereocenters. The van der Waals surface area contributed by atoms with Crippen molar-refractivity contribution in [1.82, 2.24) is 42.1 Å². The summed E-state index contributed by atoms with van der Waals surface area (Å²) >= 11 is 1.18. The van der Waals surface area contributed by atoms with Crippen molar-refractivity contribution in [3.8, 4) is 5.75 Å². The second-order valence-electron chi connectivity index (χ2n) is 18.3. The van der Waals surface area contributed by atoms with Crippen molar-refractivity contribution in [1.29, 1.82) is 0 Å². The molecule has 1 aromatic carbocycles. The lowest BCUT2D eigenvalue weighted by molar-refractivity contribution is -0.142. The van der Waals surface area contributed by atoms with Crippen LogP contribution in [-0.4, -0.2) is 144 Å². The normalized spacial score (nSPS) is 23.3. The van der Waals surface area contributed by atoms with Gasteiger partial charge in [0.05, 0.1) is 20.1 Å². The smallest absolute Gasteiger partial charge is 0.246 e. The van der Waals surface area contributed by atoms with Crippen LogP contribution in [0, 0.1) is 11.3 Å². The molecule has 0 aromatic heterocycles. The van der Waals surface area contributed by atoms with Crippen molar-refractivity contribution in [2.45, 2.75) is 135 Å². The molecule has 382 valence electrons. The number of rotatable bonds is 16. The first-order valence-corrected chi connectivity index (χ1v) is 24.1. The standard InChI is InChI=1S/C45H69N11O12S/c1-7-24(2)36-42(65)51-27(16-17-32(46)57)38(61)52-29(21-33(47)58)39(62)53-30(23-69-19-9-11-35(60)50-28(40(63)54-36)20-25-12-14-26(68-6)15-13-25)44(67)56-18-8-10-31(56)41(64)55-37(45(3,4)5)43(66)49-22-34(48)59/h12-15,24,27-31,36-37H,7-11,16-23H2,1-6H3,(H2,46,57)(H2,47,58)(H2,48,59)(H,49,66)(H,50,60)(H,51,65)(H,52,61)(H,53,62)(H,54,63)(H,55,64)/t24-,27-,28-,29-,30-,31-,36+,37+/m0/s1. The summed E-state index contributed by atoms with van der Waals surface area (Å²) in [6.07, 6.45) is -0.405. The Morgan fingerprint density at radius 3 is 2.06 bits per heavy atom. The molecule has 0 radical (unpaired) electrons. The Bertz CT molecular complexity index is 2050. The molecule has 1 aromatic rings. The molecular weight excluding hydrogens is 919 g/mol. The number of carbonyl (C=O) groups is 11. The zero-order valence-electron chi connectivity index (χ0n) is 40.1. The average Bonchev–Trinajstić information content (AvgIpc) is 3.78. The maximum absolute atomic E-state index is 14.5. The Kier molecular flexibility index (Phi) is 22.2. The first kappa shape index (κ1) is 56.9. The predicted molar refractivity (Wildman–Crippen MR) is 253 cm³/mol. The highest BCUT2D eigenvalue weighted by atomic mass is 32.2. The molecular formula is C45H69N11O12S. The first-order chi connectivity index (χ1) is 32.4. The van der Waals surface area contributed by atoms with Crippen LogP contribution in [0.1, 0.15) is 91.5 Å². The van der Waals surface area contributed by atoms with Gasteiger partial charge in [0.25, 0.3) is 0 Å². The van der Waals surface area contributed by atoms with Gasteiger partial charge in [-0.25, -0.2) is 0 Å². The second kappa shape index (κ2) is 26.9. The number of nitrogens with zero attached hydrogens (tertiary/aromatic N) is 1. The van der Waals surface area contributed by atoms with Gasteiger partial charge in [-0.1, -0.05) is 53.2 Å². The number of likely N-dealkylation sites (tertiary alicyclic amines) is 1. The first-order valence-electron chi connectivity index (χ1n) is 22.9. The quantitative estimate of drug-likeness (QED) is 0.0820. The lowest BCUT2D eigenvalue weighted by Gasteiger charge is -2.34. The molecule has 3 rings (SSSR count). The number of nitrogens with one attached hydrogen (secondary N) is 7. The summed E-state index contributed by atoms with van der Waals surface area (Å²) in [6, 6.07) is -2.52. The van der Waals surface area contributed by atoms with Gasteiger partial charge in [-0.15, -0.1) is 0 Å². The molecule has 24 heteroatoms. The van der Waals surface area contributed by atoms with E-state index >= 15 is 0 Å². The zero-order valence-corrected chi connectivity index (χ0v) is 40.9. The second-order valence-corrected chi connectivity index (χ2v) is 19.4. The summed E-state index contributed by atoms with van der Waals surface area (Å²) in [5.41, 5.74) is 16.0. The molecule has 2 aliphatic heterocycles. The van der Waals surface area contributed by atoms with Crippen molar-refractivity contribution in [2.75, 3.05) is 31.7 Å². The van der Waals surface area contributed by atoms with E-state index in [-0.39, 0.29) is 50.2 Å². The number of amides is 11. The van der Waals surface area contributed by atoms with Gasteiger partial charge in [0, 0.05) is 31.6 Å². The average molecular weight is 988 g/mol. The summed E-state index contributed by atoms with van der Waals surface area (Å²) in [7, 11) is 1.50. The molecule has 2 aliphatic rings. The van der Waals surface area contributed by atoms with Crippen LogP contribution in [0.2, 0.25) is 0 Å². The van der Waals surface area contributed by atoms with Gasteiger partial charge in [0.15, 0.2) is 0 Å². The topological polar surface area (TPSA) is 363 Å². The van der Waals surface area contributed by atoms with E-state index in [0.29, 0.717) is 24.2 Å². The molecule has 11 amide bonds. The molecule has 0 aliphatic carbocycles. The van der Waals surface area contributed by atoms with E-state index in [1.54, 1.807) is 58.9 Å². The van der Waals surface area contributed by atoms with Crippen molar-refractivity contribution in [3.63, 3.8) is 0 Å². The van der Waals surface area contributed by atoms with Gasteiger partial charge >= 0.3 is 0 Å². The van der Waals surface area contributed by atoms with Gasteiger partial charge in [-0.05, 0) is 60.5 Å². The third kappa shape index (κ3) is 18.2. The van der Waals surface area contributed by atoms with Gasteiger partial charge in [-0.3, -0.25) is 52.7 Å². The lowest BCUT2D eigenvalue weighted by atomic mass is 9.85. The number of thioether (sulfide) groups is 1. The summed E-state index contributed by atoms with van der Waals surface area (Å²) < 4.78 is 5.25. The minimum atomic E-state index is -1.72. The Morgan fingerprint density at radius 1 is 0.826 bits per heavy atom. The number of primary amides is 3. The van der Waals surface area contributed by atoms with Crippen LogP contribution in [0.5, 0.6) is 5.75 Å². The predicted octanol–water partition coefficient (Wildman–Crippen LogP) is -2.50. The summed E-state index contributed by atoms with van der Waals surface area (Å²) in [5, 5.41) is 18.2. The van der Waals surface area contributed by atoms with E-state index < -0.39 is 138 Å². The maximum atomic E-state index is 14.5. The molecule has 2 heterocycles. The lowest BCUT2D eigenvalue weighted by Crippen LogP contribution is -2.61. The molecule has 13 N–H and O–H groups in total. The SMILES string of the molecule is CC[C@H](C)[C@H]1NC(=O)[C@H](Cc2ccc(OC)cc2)NC(=O)CCCSC[C@@H](C(=O)N2CCC[C@H]2C(=O)N[C@H](C(=O)NCC(N)=O)C(C)(C)C)NC(=O)[C@H](CC(N)=O)NC(=O)[C@H](CCC(N)=O)NC1=O. The molecule has 2 saturated heterocycles. The highest BCUT2D eigenvalue weighted by Crippen LogP contribution is 2.24. The number of carbonyl (C=O) groups excluding carboxylic acids is 11. The minimum Gasteiger partial charge on any atom is -0.497 e. The van der Waals surface area contributed by atoms with E-state index in [1.165, 1.54) is 23.8 Å². The van der Waals surface area contributed by atoms with Crippen molar-refractivity contribution in [3.05, 3.63) is 29.8 Å². The fourth-order valence-electron chi connectivity index (χ4n) is 7.60. The molecule has 69 heavy (non-hydrogen) atoms. The van der Waals surface area contributed by atoms with Crippen molar-refractivity contribution < 1.29 is 57.5 Å². The van der Waals surface area contributed by atoms with Crippen LogP contribution in [0.15, 0.2) is 24.3 Å². The monoisotopic (exact) mass is 987 g/mol. The highest BCUT2D eigenvalue weighted by molar-refractivity contribution is 7.99. The summed E-state index contributed by atoms with van der Waals surface area (Å²) in [4.78, 5) is 148. The van der Waals surface area contributed by atoms with Crippen molar-refractivity contribution in [2.24, 2.45) is 28.5 Å². The van der Waals surface area contributed by atoms with Gasteiger partial charge < -0.3 is 64.1 Å². The highest BCUT2D eigenvalue weighted by Gasteiger charge is 2.42. The van der Waals surface area contributed by atoms with Gasteiger partial charge in [-0.2, -0.15) is 11.8 Å². The van der Waals surface area contributed by atoms with Crippen molar-refractivity contribution >= 4 is 76.7 Å². The number of methoxy groups -OCH3 is 1. The summed E-state index contributed by atoms with van der Waals surface area (Å²) in [5.74, 6) is -8.62. The number of hydrogen-bond donors (Lipinski definition) is 10. The molecule has 2 fully saturated rings. The molecule has 0 bridgehead atoms. The van der Waals surface area contributed by atoms with Crippen LogP contribution in [0.3, 0.4) is 0 Å². The molecule has 0 unspecified atom stereocenters. The van der Waals surface area contributed by atoms with Crippen LogP contribution in [-0.2, 0) is 59.2 Å². The van der Waals surface area contributed by atoms with E-state index in [1.807, 2.05) is 0 Å². The van der Waals surface area contributed by atoms with Crippen LogP contribution < -0.4 is 59.2 Å². The number of hydrogen-bond acceptors (Lipinski definition) is 13. The Labute approximate surface area is 405 Å². The largest absolute Gasteiger partial charge is 0.497 e. The van der Waals surface area contributed by atoms with Crippen LogP contribution >= 0.6 is 11.8 Å². The maximum Gasteiger partial charge on any atom is 0.246 e. The Hall–Kier alpha value is -6.46. The molecule has 23 nitrogen and oxygen atoms in total. The van der Waals surface area contributed by atoms with Gasteiger partial charge in [0.1, 0.15) is 48.0 Å².